The van der Waals surface area contributed by atoms with Gasteiger partial charge in [-0.1, -0.05) is 19.4 Å². The number of unbranched alkanes of at least 4 members (excludes halogenated alkanes) is 1. The molecule has 0 heterocycles. The number of phenolic OH excluding ortho intramolecular Hbond substituents is 1. The molecular weight excluding hydrogens is 228 g/mol. The molecule has 0 aliphatic heterocycles. The normalized spacial score (nSPS) is 11.6. The van der Waals surface area contributed by atoms with Crippen LogP contribution in [0.5, 0.6) is 5.75 Å². The Hall–Kier alpha value is -1.07. The van der Waals surface area contributed by atoms with E-state index < -0.39 is 10.1 Å². The van der Waals surface area contributed by atoms with Crippen LogP contribution in [0, 0.1) is 6.92 Å². The fourth-order valence-electron chi connectivity index (χ4n) is 1.23. The molecule has 0 bridgehead atoms. The van der Waals surface area contributed by atoms with Gasteiger partial charge in [-0.3, -0.25) is 4.18 Å². The minimum atomic E-state index is -3.75. The Labute approximate surface area is 96.0 Å². The fraction of sp³-hybridized carbons (Fsp3) is 0.455. The molecule has 0 atom stereocenters. The molecule has 1 rings (SSSR count). The van der Waals surface area contributed by atoms with Crippen molar-refractivity contribution in [1.29, 1.82) is 0 Å². The maximum atomic E-state index is 11.7. The lowest BCUT2D eigenvalue weighted by atomic mass is 10.2. The van der Waals surface area contributed by atoms with E-state index in [1.807, 2.05) is 6.92 Å². The van der Waals surface area contributed by atoms with Crippen molar-refractivity contribution in [1.82, 2.24) is 0 Å². The second-order valence-corrected chi connectivity index (χ2v) is 5.16. The van der Waals surface area contributed by atoms with E-state index in [0.717, 1.165) is 6.42 Å². The van der Waals surface area contributed by atoms with Crippen molar-refractivity contribution in [3.8, 4) is 5.75 Å². The lowest BCUT2D eigenvalue weighted by Gasteiger charge is -2.08. The van der Waals surface area contributed by atoms with Crippen LogP contribution in [0.2, 0.25) is 0 Å². The van der Waals surface area contributed by atoms with Crippen molar-refractivity contribution >= 4 is 10.1 Å². The van der Waals surface area contributed by atoms with Gasteiger partial charge in [0.1, 0.15) is 10.6 Å². The molecule has 90 valence electrons. The summed E-state index contributed by atoms with van der Waals surface area (Å²) in [5.41, 5.74) is 0.564. The Morgan fingerprint density at radius 2 is 2.06 bits per heavy atom. The van der Waals surface area contributed by atoms with Crippen LogP contribution in [0.25, 0.3) is 0 Å². The second kappa shape index (κ2) is 5.32. The lowest BCUT2D eigenvalue weighted by molar-refractivity contribution is 0.310. The number of hydrogen-bond acceptors (Lipinski definition) is 4. The maximum Gasteiger partial charge on any atom is 0.297 e. The van der Waals surface area contributed by atoms with E-state index in [1.165, 1.54) is 12.1 Å². The molecule has 1 N–H and O–H groups in total. The van der Waals surface area contributed by atoms with Crippen LogP contribution in [0.3, 0.4) is 0 Å². The molecular formula is C11H16O4S. The standard InChI is InChI=1S/C11H16O4S/c1-3-4-7-15-16(13,14)11-8-10(12)6-5-9(11)2/h5-6,8,12H,3-4,7H2,1-2H3. The maximum absolute atomic E-state index is 11.7. The fourth-order valence-corrected chi connectivity index (χ4v) is 2.43. The first-order valence-electron chi connectivity index (χ1n) is 5.16. The zero-order valence-corrected chi connectivity index (χ0v) is 10.3. The Morgan fingerprint density at radius 3 is 2.69 bits per heavy atom. The van der Waals surface area contributed by atoms with Crippen molar-refractivity contribution in [3.05, 3.63) is 23.8 Å². The summed E-state index contributed by atoms with van der Waals surface area (Å²) in [6.45, 7) is 3.79. The van der Waals surface area contributed by atoms with E-state index in [4.69, 9.17) is 4.18 Å². The number of phenols is 1. The van der Waals surface area contributed by atoms with E-state index in [-0.39, 0.29) is 17.3 Å². The number of benzene rings is 1. The largest absolute Gasteiger partial charge is 0.508 e. The van der Waals surface area contributed by atoms with Gasteiger partial charge in [0.15, 0.2) is 0 Å². The molecule has 16 heavy (non-hydrogen) atoms. The summed E-state index contributed by atoms with van der Waals surface area (Å²) in [6.07, 6.45) is 1.56. The van der Waals surface area contributed by atoms with Crippen LogP contribution in [0.15, 0.2) is 23.1 Å². The van der Waals surface area contributed by atoms with Crippen LogP contribution < -0.4 is 0 Å². The van der Waals surface area contributed by atoms with Gasteiger partial charge in [-0.25, -0.2) is 0 Å². The summed E-state index contributed by atoms with van der Waals surface area (Å²) < 4.78 is 28.3. The quantitative estimate of drug-likeness (QED) is 0.637. The van der Waals surface area contributed by atoms with Gasteiger partial charge in [0.05, 0.1) is 6.61 Å². The van der Waals surface area contributed by atoms with Gasteiger partial charge < -0.3 is 5.11 Å². The molecule has 0 amide bonds. The summed E-state index contributed by atoms with van der Waals surface area (Å²) in [7, 11) is -3.75. The molecule has 0 fully saturated rings. The molecule has 5 heteroatoms. The van der Waals surface area contributed by atoms with E-state index in [1.54, 1.807) is 13.0 Å². The highest BCUT2D eigenvalue weighted by molar-refractivity contribution is 7.86. The first-order valence-corrected chi connectivity index (χ1v) is 6.57. The van der Waals surface area contributed by atoms with Gasteiger partial charge in [0, 0.05) is 6.07 Å². The minimum Gasteiger partial charge on any atom is -0.508 e. The number of hydrogen-bond donors (Lipinski definition) is 1. The number of rotatable bonds is 5. The van der Waals surface area contributed by atoms with Gasteiger partial charge in [-0.15, -0.1) is 0 Å². The molecule has 0 saturated carbocycles. The summed E-state index contributed by atoms with van der Waals surface area (Å²) in [6, 6.07) is 4.20. The topological polar surface area (TPSA) is 63.6 Å². The number of aromatic hydroxyl groups is 1. The molecule has 0 unspecified atom stereocenters. The molecule has 0 saturated heterocycles. The van der Waals surface area contributed by atoms with E-state index >= 15 is 0 Å². The van der Waals surface area contributed by atoms with Gasteiger partial charge in [-0.05, 0) is 25.0 Å². The summed E-state index contributed by atoms with van der Waals surface area (Å²) in [4.78, 5) is 0.0311. The van der Waals surface area contributed by atoms with Crippen LogP contribution in [-0.2, 0) is 14.3 Å². The first kappa shape index (κ1) is 13.0. The summed E-state index contributed by atoms with van der Waals surface area (Å²) >= 11 is 0. The van der Waals surface area contributed by atoms with Gasteiger partial charge >= 0.3 is 0 Å². The third-order valence-electron chi connectivity index (χ3n) is 2.18. The Kier molecular flexibility index (Phi) is 4.32. The highest BCUT2D eigenvalue weighted by Crippen LogP contribution is 2.22. The second-order valence-electron chi connectivity index (χ2n) is 3.58. The molecule has 0 aliphatic rings. The monoisotopic (exact) mass is 244 g/mol. The molecule has 1 aromatic carbocycles. The third-order valence-corrected chi connectivity index (χ3v) is 3.63. The van der Waals surface area contributed by atoms with Crippen LogP contribution in [-0.4, -0.2) is 20.1 Å². The highest BCUT2D eigenvalue weighted by Gasteiger charge is 2.18. The third kappa shape index (κ3) is 3.21. The predicted octanol–water partition coefficient (Wildman–Crippen LogP) is 2.21. The van der Waals surface area contributed by atoms with Gasteiger partial charge in [0.2, 0.25) is 0 Å². The average Bonchev–Trinajstić information content (AvgIpc) is 2.22. The molecule has 0 radical (unpaired) electrons. The van der Waals surface area contributed by atoms with Crippen LogP contribution in [0.1, 0.15) is 25.3 Å². The van der Waals surface area contributed by atoms with Crippen molar-refractivity contribution in [3.63, 3.8) is 0 Å². The van der Waals surface area contributed by atoms with Crippen molar-refractivity contribution < 1.29 is 17.7 Å². The van der Waals surface area contributed by atoms with Crippen molar-refractivity contribution in [2.45, 2.75) is 31.6 Å². The summed E-state index contributed by atoms with van der Waals surface area (Å²) in [5, 5.41) is 9.25. The molecule has 1 aromatic rings. The van der Waals surface area contributed by atoms with Gasteiger partial charge in [0.25, 0.3) is 10.1 Å². The first-order chi connectivity index (χ1) is 7.47. The highest BCUT2D eigenvalue weighted by atomic mass is 32.2. The average molecular weight is 244 g/mol. The zero-order chi connectivity index (χ0) is 12.2. The lowest BCUT2D eigenvalue weighted by Crippen LogP contribution is -2.09. The SMILES string of the molecule is CCCCOS(=O)(=O)c1cc(O)ccc1C. The van der Waals surface area contributed by atoms with Crippen molar-refractivity contribution in [2.75, 3.05) is 6.61 Å². The van der Waals surface area contributed by atoms with Crippen LogP contribution in [0.4, 0.5) is 0 Å². The predicted molar refractivity (Wildman–Crippen MR) is 60.9 cm³/mol. The Morgan fingerprint density at radius 1 is 1.38 bits per heavy atom. The smallest absolute Gasteiger partial charge is 0.297 e. The van der Waals surface area contributed by atoms with E-state index in [9.17, 15) is 13.5 Å². The molecule has 0 aromatic heterocycles. The minimum absolute atomic E-state index is 0.0311. The molecule has 0 aliphatic carbocycles. The van der Waals surface area contributed by atoms with Gasteiger partial charge in [-0.2, -0.15) is 8.42 Å². The Balaban J connectivity index is 2.93. The zero-order valence-electron chi connectivity index (χ0n) is 9.43. The molecule has 0 spiro atoms. The van der Waals surface area contributed by atoms with Crippen LogP contribution >= 0.6 is 0 Å². The summed E-state index contributed by atoms with van der Waals surface area (Å²) in [5.74, 6) is -0.0803. The van der Waals surface area contributed by atoms with E-state index in [2.05, 4.69) is 0 Å². The number of aryl methyl sites for hydroxylation is 1. The van der Waals surface area contributed by atoms with Crippen molar-refractivity contribution in [2.24, 2.45) is 0 Å². The molecule has 4 nitrogen and oxygen atoms in total. The van der Waals surface area contributed by atoms with E-state index in [0.29, 0.717) is 12.0 Å². The Bertz CT molecular complexity index is 451.